The summed E-state index contributed by atoms with van der Waals surface area (Å²) in [6, 6.07) is 6.83. The molecule has 1 aromatic carbocycles. The van der Waals surface area contributed by atoms with Crippen molar-refractivity contribution in [3.8, 4) is 5.75 Å². The van der Waals surface area contributed by atoms with E-state index in [2.05, 4.69) is 5.32 Å². The Bertz CT molecular complexity index is 624. The van der Waals surface area contributed by atoms with Gasteiger partial charge >= 0.3 is 0 Å². The molecule has 1 N–H and O–H groups in total. The first-order chi connectivity index (χ1) is 10.6. The Labute approximate surface area is 132 Å². The summed E-state index contributed by atoms with van der Waals surface area (Å²) in [7, 11) is -3.42. The van der Waals surface area contributed by atoms with Crippen molar-refractivity contribution in [2.75, 3.05) is 32.8 Å². The highest BCUT2D eigenvalue weighted by Crippen LogP contribution is 2.40. The van der Waals surface area contributed by atoms with E-state index in [4.69, 9.17) is 4.74 Å². The summed E-state index contributed by atoms with van der Waals surface area (Å²) in [6.07, 6.45) is 3.11. The maximum atomic E-state index is 12.9. The summed E-state index contributed by atoms with van der Waals surface area (Å²) in [5, 5.41) is 3.36. The molecule has 0 amide bonds. The second kappa shape index (κ2) is 6.18. The van der Waals surface area contributed by atoms with E-state index in [1.54, 1.807) is 28.6 Å². The molecule has 0 unspecified atom stereocenters. The number of rotatable bonds is 4. The predicted octanol–water partition coefficient (Wildman–Crippen LogP) is 1.85. The molecule has 2 saturated heterocycles. The maximum Gasteiger partial charge on any atom is 0.243 e. The maximum absolute atomic E-state index is 12.9. The van der Waals surface area contributed by atoms with Gasteiger partial charge in [0.2, 0.25) is 10.0 Å². The molecule has 1 spiro atoms. The molecule has 2 fully saturated rings. The number of hydrogen-bond donors (Lipinski definition) is 1. The molecular formula is C16H24N2O3S. The number of ether oxygens (including phenoxy) is 1. The molecule has 2 heterocycles. The van der Waals surface area contributed by atoms with Crippen molar-refractivity contribution in [1.82, 2.24) is 9.62 Å². The first-order valence-corrected chi connectivity index (χ1v) is 9.44. The fourth-order valence-corrected chi connectivity index (χ4v) is 5.09. The fraction of sp³-hybridized carbons (Fsp3) is 0.625. The Morgan fingerprint density at radius 1 is 1.27 bits per heavy atom. The van der Waals surface area contributed by atoms with Crippen molar-refractivity contribution < 1.29 is 13.2 Å². The zero-order chi connectivity index (χ0) is 15.6. The van der Waals surface area contributed by atoms with Crippen molar-refractivity contribution in [2.45, 2.75) is 31.1 Å². The first kappa shape index (κ1) is 15.8. The van der Waals surface area contributed by atoms with Crippen LogP contribution in [0, 0.1) is 5.41 Å². The molecule has 22 heavy (non-hydrogen) atoms. The molecule has 0 atom stereocenters. The van der Waals surface area contributed by atoms with E-state index >= 15 is 0 Å². The molecule has 0 aliphatic carbocycles. The monoisotopic (exact) mass is 324 g/mol. The van der Waals surface area contributed by atoms with Gasteiger partial charge in [-0.3, -0.25) is 0 Å². The quantitative estimate of drug-likeness (QED) is 0.918. The van der Waals surface area contributed by atoms with Crippen LogP contribution in [0.25, 0.3) is 0 Å². The highest BCUT2D eigenvalue weighted by molar-refractivity contribution is 7.89. The van der Waals surface area contributed by atoms with Crippen LogP contribution in [0.2, 0.25) is 0 Å². The van der Waals surface area contributed by atoms with Crippen molar-refractivity contribution in [2.24, 2.45) is 5.41 Å². The number of benzene rings is 1. The highest BCUT2D eigenvalue weighted by atomic mass is 32.2. The van der Waals surface area contributed by atoms with E-state index in [9.17, 15) is 8.42 Å². The van der Waals surface area contributed by atoms with Crippen LogP contribution in [0.5, 0.6) is 5.75 Å². The molecular weight excluding hydrogens is 300 g/mol. The Hall–Kier alpha value is -1.11. The minimum atomic E-state index is -3.42. The number of sulfonamides is 1. The van der Waals surface area contributed by atoms with Gasteiger partial charge in [0.25, 0.3) is 0 Å². The average molecular weight is 324 g/mol. The van der Waals surface area contributed by atoms with Crippen LogP contribution in [-0.4, -0.2) is 45.5 Å². The van der Waals surface area contributed by atoms with Crippen LogP contribution in [0.4, 0.5) is 0 Å². The van der Waals surface area contributed by atoms with Crippen LogP contribution in [0.15, 0.2) is 29.2 Å². The minimum Gasteiger partial charge on any atom is -0.494 e. The topological polar surface area (TPSA) is 58.6 Å². The predicted molar refractivity (Wildman–Crippen MR) is 85.5 cm³/mol. The van der Waals surface area contributed by atoms with E-state index in [-0.39, 0.29) is 5.41 Å². The average Bonchev–Trinajstić information content (AvgIpc) is 2.93. The zero-order valence-electron chi connectivity index (χ0n) is 13.0. The van der Waals surface area contributed by atoms with Crippen LogP contribution in [0.1, 0.15) is 26.2 Å². The Balaban J connectivity index is 1.80. The Morgan fingerprint density at radius 3 is 2.77 bits per heavy atom. The molecule has 3 rings (SSSR count). The number of nitrogens with one attached hydrogen (secondary N) is 1. The number of nitrogens with zero attached hydrogens (tertiary/aromatic N) is 1. The van der Waals surface area contributed by atoms with Gasteiger partial charge < -0.3 is 10.1 Å². The summed E-state index contributed by atoms with van der Waals surface area (Å²) in [5.74, 6) is 0.611. The fourth-order valence-electron chi connectivity index (χ4n) is 3.50. The van der Waals surface area contributed by atoms with Gasteiger partial charge in [0.15, 0.2) is 0 Å². The van der Waals surface area contributed by atoms with Crippen LogP contribution in [0.3, 0.4) is 0 Å². The molecule has 2 aliphatic heterocycles. The summed E-state index contributed by atoms with van der Waals surface area (Å²) in [6.45, 7) is 5.68. The lowest BCUT2D eigenvalue weighted by molar-refractivity contribution is 0.218. The third-order valence-corrected chi connectivity index (χ3v) is 6.66. The minimum absolute atomic E-state index is 0.176. The van der Waals surface area contributed by atoms with Gasteiger partial charge in [0, 0.05) is 19.2 Å². The third kappa shape index (κ3) is 3.00. The van der Waals surface area contributed by atoms with Gasteiger partial charge in [0.05, 0.1) is 11.5 Å². The normalized spacial score (nSPS) is 22.0. The molecule has 0 bridgehead atoms. The zero-order valence-corrected chi connectivity index (χ0v) is 13.9. The van der Waals surface area contributed by atoms with Crippen molar-refractivity contribution >= 4 is 10.0 Å². The standard InChI is InChI=1S/C16H24N2O3S/c1-2-21-14-4-3-5-15(12-14)22(19,20)18-11-8-16(13-18)6-9-17-10-7-16/h3-5,12,17H,2,6-11,13H2,1H3. The highest BCUT2D eigenvalue weighted by Gasteiger charge is 2.43. The van der Waals surface area contributed by atoms with Crippen LogP contribution >= 0.6 is 0 Å². The van der Waals surface area contributed by atoms with Gasteiger partial charge in [0.1, 0.15) is 5.75 Å². The van der Waals surface area contributed by atoms with E-state index in [0.29, 0.717) is 30.3 Å². The Morgan fingerprint density at radius 2 is 2.05 bits per heavy atom. The van der Waals surface area contributed by atoms with Crippen LogP contribution in [-0.2, 0) is 10.0 Å². The number of hydrogen-bond acceptors (Lipinski definition) is 4. The molecule has 0 radical (unpaired) electrons. The third-order valence-electron chi connectivity index (χ3n) is 4.82. The SMILES string of the molecule is CCOc1cccc(S(=O)(=O)N2CCC3(CCNCC3)C2)c1. The molecule has 1 aromatic rings. The van der Waals surface area contributed by atoms with Crippen LogP contribution < -0.4 is 10.1 Å². The smallest absolute Gasteiger partial charge is 0.243 e. The van der Waals surface area contributed by atoms with E-state index in [0.717, 1.165) is 32.4 Å². The molecule has 5 nitrogen and oxygen atoms in total. The van der Waals surface area contributed by atoms with E-state index in [1.165, 1.54) is 0 Å². The largest absolute Gasteiger partial charge is 0.494 e. The second-order valence-corrected chi connectivity index (χ2v) is 8.18. The van der Waals surface area contributed by atoms with Gasteiger partial charge in [-0.25, -0.2) is 8.42 Å². The van der Waals surface area contributed by atoms with E-state index < -0.39 is 10.0 Å². The summed E-state index contributed by atoms with van der Waals surface area (Å²) in [4.78, 5) is 0.337. The van der Waals surface area contributed by atoms with Crippen molar-refractivity contribution in [1.29, 1.82) is 0 Å². The first-order valence-electron chi connectivity index (χ1n) is 8.00. The van der Waals surface area contributed by atoms with Gasteiger partial charge in [-0.05, 0) is 56.8 Å². The number of piperidine rings is 1. The lowest BCUT2D eigenvalue weighted by Gasteiger charge is -2.33. The molecule has 0 saturated carbocycles. The van der Waals surface area contributed by atoms with Gasteiger partial charge in [-0.15, -0.1) is 0 Å². The molecule has 122 valence electrons. The van der Waals surface area contributed by atoms with Crippen molar-refractivity contribution in [3.05, 3.63) is 24.3 Å². The molecule has 6 heteroatoms. The van der Waals surface area contributed by atoms with Crippen molar-refractivity contribution in [3.63, 3.8) is 0 Å². The molecule has 0 aromatic heterocycles. The molecule has 2 aliphatic rings. The summed E-state index contributed by atoms with van der Waals surface area (Å²) >= 11 is 0. The lowest BCUT2D eigenvalue weighted by Crippen LogP contribution is -2.39. The van der Waals surface area contributed by atoms with Gasteiger partial charge in [-0.2, -0.15) is 4.31 Å². The summed E-state index contributed by atoms with van der Waals surface area (Å²) < 4.78 is 32.8. The summed E-state index contributed by atoms with van der Waals surface area (Å²) in [5.41, 5.74) is 0.176. The second-order valence-electron chi connectivity index (χ2n) is 6.25. The Kier molecular flexibility index (Phi) is 4.43. The lowest BCUT2D eigenvalue weighted by atomic mass is 9.78. The van der Waals surface area contributed by atoms with E-state index in [1.807, 2.05) is 6.92 Å². The van der Waals surface area contributed by atoms with Gasteiger partial charge in [-0.1, -0.05) is 6.07 Å².